The van der Waals surface area contributed by atoms with Crippen molar-refractivity contribution in [2.75, 3.05) is 32.1 Å². The Hall–Kier alpha value is -2.43. The summed E-state index contributed by atoms with van der Waals surface area (Å²) in [5.74, 6) is -0.139. The normalized spacial score (nSPS) is 19.8. The molecule has 4 rings (SSSR count). The molecule has 1 N–H and O–H groups in total. The molecule has 10 heteroatoms. The minimum Gasteiger partial charge on any atom is -0.495 e. The van der Waals surface area contributed by atoms with Gasteiger partial charge in [-0.2, -0.15) is 4.31 Å². The minimum absolute atomic E-state index is 0.124. The zero-order valence-electron chi connectivity index (χ0n) is 18.7. The zero-order valence-corrected chi connectivity index (χ0v) is 20.3. The third-order valence-electron chi connectivity index (χ3n) is 6.18. The maximum Gasteiger partial charge on any atom is 0.264 e. The van der Waals surface area contributed by atoms with Crippen LogP contribution in [0.15, 0.2) is 40.6 Å². The number of nitrogens with one attached hydrogen (secondary N) is 1. The van der Waals surface area contributed by atoms with Gasteiger partial charge in [-0.05, 0) is 55.3 Å². The first-order chi connectivity index (χ1) is 15.9. The smallest absolute Gasteiger partial charge is 0.264 e. The van der Waals surface area contributed by atoms with Gasteiger partial charge in [0.15, 0.2) is 0 Å². The van der Waals surface area contributed by atoms with Crippen LogP contribution in [0.1, 0.15) is 48.2 Å². The second-order valence-corrected chi connectivity index (χ2v) is 11.2. The molecule has 0 bridgehead atoms. The van der Waals surface area contributed by atoms with E-state index in [0.29, 0.717) is 36.7 Å². The summed E-state index contributed by atoms with van der Waals surface area (Å²) >= 11 is 1.35. The van der Waals surface area contributed by atoms with Crippen LogP contribution in [0.25, 0.3) is 0 Å². The van der Waals surface area contributed by atoms with E-state index in [4.69, 9.17) is 4.74 Å². The highest BCUT2D eigenvalue weighted by molar-refractivity contribution is 7.89. The molecule has 1 atom stereocenters. The lowest BCUT2D eigenvalue weighted by molar-refractivity contribution is -0.119. The number of anilines is 1. The van der Waals surface area contributed by atoms with Crippen LogP contribution in [-0.4, -0.2) is 62.2 Å². The Morgan fingerprint density at radius 2 is 1.82 bits per heavy atom. The number of hydrogen-bond donors (Lipinski definition) is 1. The van der Waals surface area contributed by atoms with Crippen molar-refractivity contribution in [1.29, 1.82) is 0 Å². The van der Waals surface area contributed by atoms with Crippen molar-refractivity contribution in [2.45, 2.75) is 49.5 Å². The van der Waals surface area contributed by atoms with Gasteiger partial charge in [-0.3, -0.25) is 9.59 Å². The van der Waals surface area contributed by atoms with E-state index in [9.17, 15) is 18.0 Å². The van der Waals surface area contributed by atoms with Crippen molar-refractivity contribution in [3.8, 4) is 5.75 Å². The van der Waals surface area contributed by atoms with Crippen molar-refractivity contribution in [2.24, 2.45) is 0 Å². The summed E-state index contributed by atoms with van der Waals surface area (Å²) in [6.45, 7) is 1.51. The second kappa shape index (κ2) is 10.2. The summed E-state index contributed by atoms with van der Waals surface area (Å²) in [4.78, 5) is 28.3. The predicted octanol–water partition coefficient (Wildman–Crippen LogP) is 3.56. The molecule has 2 aliphatic rings. The number of hydrogen-bond acceptors (Lipinski definition) is 6. The van der Waals surface area contributed by atoms with Gasteiger partial charge in [-0.25, -0.2) is 8.42 Å². The van der Waals surface area contributed by atoms with E-state index in [1.165, 1.54) is 34.9 Å². The van der Waals surface area contributed by atoms with E-state index in [-0.39, 0.29) is 22.4 Å². The van der Waals surface area contributed by atoms with Gasteiger partial charge in [-0.1, -0.05) is 18.9 Å². The maximum absolute atomic E-state index is 13.2. The van der Waals surface area contributed by atoms with Crippen LogP contribution >= 0.6 is 11.3 Å². The Morgan fingerprint density at radius 3 is 2.48 bits per heavy atom. The summed E-state index contributed by atoms with van der Waals surface area (Å²) < 4.78 is 33.3. The van der Waals surface area contributed by atoms with Crippen LogP contribution in [0.5, 0.6) is 5.75 Å². The van der Waals surface area contributed by atoms with E-state index in [1.54, 1.807) is 17.0 Å². The van der Waals surface area contributed by atoms with Gasteiger partial charge < -0.3 is 15.0 Å². The molecule has 0 radical (unpaired) electrons. The van der Waals surface area contributed by atoms with Crippen molar-refractivity contribution in [1.82, 2.24) is 9.21 Å². The van der Waals surface area contributed by atoms with E-state index in [1.807, 2.05) is 11.4 Å². The SMILES string of the molecule is COc1ccc(S(=O)(=O)N2CCCCCC2)cc1NC(=O)[C@@H]1CCCN1C(=O)c1cccs1. The topological polar surface area (TPSA) is 96.0 Å². The summed E-state index contributed by atoms with van der Waals surface area (Å²) in [5.41, 5.74) is 0.286. The third-order valence-corrected chi connectivity index (χ3v) is 8.93. The fraction of sp³-hybridized carbons (Fsp3) is 0.478. The summed E-state index contributed by atoms with van der Waals surface area (Å²) in [7, 11) is -2.21. The van der Waals surface area contributed by atoms with Crippen LogP contribution in [-0.2, 0) is 14.8 Å². The lowest BCUT2D eigenvalue weighted by atomic mass is 10.2. The molecule has 2 amide bonds. The van der Waals surface area contributed by atoms with Crippen molar-refractivity contribution in [3.63, 3.8) is 0 Å². The molecule has 0 spiro atoms. The Labute approximate surface area is 198 Å². The number of carbonyl (C=O) groups excluding carboxylic acids is 2. The molecular weight excluding hydrogens is 462 g/mol. The molecule has 2 aromatic rings. The fourth-order valence-corrected chi connectivity index (χ4v) is 6.64. The number of methoxy groups -OCH3 is 1. The Bertz CT molecular complexity index is 1090. The number of benzene rings is 1. The first-order valence-corrected chi connectivity index (χ1v) is 13.6. The molecule has 1 aromatic heterocycles. The monoisotopic (exact) mass is 491 g/mol. The van der Waals surface area contributed by atoms with Gasteiger partial charge in [-0.15, -0.1) is 11.3 Å². The number of thiophene rings is 1. The molecule has 2 fully saturated rings. The van der Waals surface area contributed by atoms with Crippen molar-refractivity contribution >= 4 is 38.9 Å². The van der Waals surface area contributed by atoms with Crippen molar-refractivity contribution < 1.29 is 22.7 Å². The second-order valence-electron chi connectivity index (χ2n) is 8.30. The van der Waals surface area contributed by atoms with Gasteiger partial charge >= 0.3 is 0 Å². The molecule has 1 aromatic carbocycles. The molecule has 0 aliphatic carbocycles. The van der Waals surface area contributed by atoms with Gasteiger partial charge in [0.1, 0.15) is 11.8 Å². The number of likely N-dealkylation sites (tertiary alicyclic amines) is 1. The molecule has 8 nitrogen and oxygen atoms in total. The highest BCUT2D eigenvalue weighted by Gasteiger charge is 2.35. The lowest BCUT2D eigenvalue weighted by Gasteiger charge is -2.24. The lowest BCUT2D eigenvalue weighted by Crippen LogP contribution is -2.43. The average molecular weight is 492 g/mol. The van der Waals surface area contributed by atoms with Crippen LogP contribution in [0.4, 0.5) is 5.69 Å². The van der Waals surface area contributed by atoms with Crippen LogP contribution < -0.4 is 10.1 Å². The van der Waals surface area contributed by atoms with E-state index >= 15 is 0 Å². The third kappa shape index (κ3) is 5.07. The highest BCUT2D eigenvalue weighted by atomic mass is 32.2. The summed E-state index contributed by atoms with van der Waals surface area (Å²) in [6, 6.07) is 7.47. The molecule has 178 valence electrons. The Kier molecular flexibility index (Phi) is 7.35. The molecule has 2 saturated heterocycles. The van der Waals surface area contributed by atoms with Gasteiger partial charge in [0.2, 0.25) is 15.9 Å². The standard InChI is InChI=1S/C23H29N3O5S2/c1-31-20-11-10-17(33(29,30)25-12-4-2-3-5-13-25)16-18(20)24-22(27)19-8-6-14-26(19)23(28)21-9-7-15-32-21/h7,9-11,15-16,19H,2-6,8,12-14H2,1H3,(H,24,27)/t19-/m0/s1. The first kappa shape index (κ1) is 23.7. The summed E-state index contributed by atoms with van der Waals surface area (Å²) in [6.07, 6.45) is 5.02. The Balaban J connectivity index is 1.55. The van der Waals surface area contributed by atoms with E-state index < -0.39 is 16.1 Å². The van der Waals surface area contributed by atoms with Crippen molar-refractivity contribution in [3.05, 3.63) is 40.6 Å². The molecule has 3 heterocycles. The number of amides is 2. The molecule has 2 aliphatic heterocycles. The molecule has 0 saturated carbocycles. The Morgan fingerprint density at radius 1 is 1.06 bits per heavy atom. The highest BCUT2D eigenvalue weighted by Crippen LogP contribution is 2.31. The fourth-order valence-electron chi connectivity index (χ4n) is 4.42. The van der Waals surface area contributed by atoms with Gasteiger partial charge in [0.25, 0.3) is 5.91 Å². The van der Waals surface area contributed by atoms with E-state index in [2.05, 4.69) is 5.32 Å². The number of ether oxygens (including phenoxy) is 1. The molecule has 33 heavy (non-hydrogen) atoms. The minimum atomic E-state index is -3.68. The zero-order chi connectivity index (χ0) is 23.4. The number of nitrogens with zero attached hydrogens (tertiary/aromatic N) is 2. The van der Waals surface area contributed by atoms with Crippen LogP contribution in [0.3, 0.4) is 0 Å². The van der Waals surface area contributed by atoms with Crippen LogP contribution in [0.2, 0.25) is 0 Å². The largest absolute Gasteiger partial charge is 0.495 e. The number of rotatable bonds is 6. The van der Waals surface area contributed by atoms with Crippen LogP contribution in [0, 0.1) is 0 Å². The maximum atomic E-state index is 13.2. The number of sulfonamides is 1. The quantitative estimate of drug-likeness (QED) is 0.667. The first-order valence-electron chi connectivity index (χ1n) is 11.3. The average Bonchev–Trinajstić information content (AvgIpc) is 3.45. The predicted molar refractivity (Wildman–Crippen MR) is 127 cm³/mol. The number of carbonyl (C=O) groups is 2. The van der Waals surface area contributed by atoms with Gasteiger partial charge in [0.05, 0.1) is 22.6 Å². The summed E-state index contributed by atoms with van der Waals surface area (Å²) in [5, 5.41) is 4.66. The van der Waals surface area contributed by atoms with Gasteiger partial charge in [0, 0.05) is 19.6 Å². The molecule has 0 unspecified atom stereocenters. The molecular formula is C23H29N3O5S2. The van der Waals surface area contributed by atoms with E-state index in [0.717, 1.165) is 32.1 Å².